The largest absolute Gasteiger partial charge is 0.398 e. The number of benzene rings is 2. The van der Waals surface area contributed by atoms with Crippen molar-refractivity contribution in [2.75, 3.05) is 5.73 Å². The second kappa shape index (κ2) is 6.24. The molecular formula is C14H12ClFN2O2S. The van der Waals surface area contributed by atoms with Crippen molar-refractivity contribution in [1.82, 2.24) is 0 Å². The van der Waals surface area contributed by atoms with E-state index in [1.807, 2.05) is 0 Å². The normalized spacial score (nSPS) is 12.1. The number of nitrogen functional groups attached to an aromatic ring is 1. The van der Waals surface area contributed by atoms with Gasteiger partial charge in [0.2, 0.25) is 5.91 Å². The van der Waals surface area contributed by atoms with E-state index in [1.165, 1.54) is 24.3 Å². The molecule has 2 aromatic rings. The summed E-state index contributed by atoms with van der Waals surface area (Å²) in [4.78, 5) is 11.4. The van der Waals surface area contributed by atoms with Crippen molar-refractivity contribution in [1.29, 1.82) is 0 Å². The molecule has 1 unspecified atom stereocenters. The Morgan fingerprint density at radius 3 is 2.52 bits per heavy atom. The molecule has 0 aliphatic rings. The topological polar surface area (TPSA) is 86.2 Å². The minimum Gasteiger partial charge on any atom is -0.398 e. The van der Waals surface area contributed by atoms with Crippen LogP contribution in [0.15, 0.2) is 41.3 Å². The summed E-state index contributed by atoms with van der Waals surface area (Å²) in [6.07, 6.45) is 0. The molecule has 2 rings (SSSR count). The van der Waals surface area contributed by atoms with E-state index in [0.29, 0.717) is 16.1 Å². The van der Waals surface area contributed by atoms with Crippen LogP contribution in [0.2, 0.25) is 5.02 Å². The molecular weight excluding hydrogens is 315 g/mol. The Balaban J connectivity index is 2.23. The second-order valence-electron chi connectivity index (χ2n) is 4.34. The monoisotopic (exact) mass is 326 g/mol. The highest BCUT2D eigenvalue weighted by Gasteiger charge is 2.11. The third kappa shape index (κ3) is 3.59. The first-order chi connectivity index (χ1) is 9.88. The summed E-state index contributed by atoms with van der Waals surface area (Å²) in [5, 5.41) is -0.0853. The summed E-state index contributed by atoms with van der Waals surface area (Å²) < 4.78 is 25.3. The van der Waals surface area contributed by atoms with Crippen molar-refractivity contribution in [2.24, 2.45) is 5.73 Å². The average Bonchev–Trinajstić information content (AvgIpc) is 2.43. The van der Waals surface area contributed by atoms with Gasteiger partial charge in [0.15, 0.2) is 0 Å². The number of carbonyl (C=O) groups is 1. The average molecular weight is 327 g/mol. The maximum Gasteiger partial charge on any atom is 0.248 e. The standard InChI is InChI=1S/C14H12ClFN2O2S/c15-11-6-10(3-4-12(11)16)21(20)7-9-2-1-8(14(18)19)5-13(9)17/h1-6H,7,17H2,(H2,18,19). The number of hydrogen-bond donors (Lipinski definition) is 2. The molecule has 110 valence electrons. The zero-order valence-electron chi connectivity index (χ0n) is 10.8. The van der Waals surface area contributed by atoms with E-state index in [-0.39, 0.29) is 16.3 Å². The number of hydrogen-bond acceptors (Lipinski definition) is 3. The molecule has 7 heteroatoms. The predicted octanol–water partition coefficient (Wildman–Crippen LogP) is 2.47. The molecule has 0 radical (unpaired) electrons. The van der Waals surface area contributed by atoms with E-state index < -0.39 is 22.5 Å². The lowest BCUT2D eigenvalue weighted by atomic mass is 10.1. The van der Waals surface area contributed by atoms with E-state index >= 15 is 0 Å². The number of rotatable bonds is 4. The molecule has 1 atom stereocenters. The van der Waals surface area contributed by atoms with Crippen molar-refractivity contribution in [3.05, 3.63) is 58.4 Å². The van der Waals surface area contributed by atoms with E-state index in [1.54, 1.807) is 6.07 Å². The van der Waals surface area contributed by atoms with Crippen LogP contribution in [0.5, 0.6) is 0 Å². The Morgan fingerprint density at radius 2 is 1.95 bits per heavy atom. The summed E-state index contributed by atoms with van der Waals surface area (Å²) in [6, 6.07) is 8.44. The van der Waals surface area contributed by atoms with Crippen molar-refractivity contribution >= 4 is 34.0 Å². The lowest BCUT2D eigenvalue weighted by molar-refractivity contribution is 0.100. The van der Waals surface area contributed by atoms with Crippen LogP contribution < -0.4 is 11.5 Å². The van der Waals surface area contributed by atoms with Crippen molar-refractivity contribution in [3.63, 3.8) is 0 Å². The highest BCUT2D eigenvalue weighted by Crippen LogP contribution is 2.22. The van der Waals surface area contributed by atoms with E-state index in [0.717, 1.165) is 6.07 Å². The van der Waals surface area contributed by atoms with Crippen LogP contribution in [0.3, 0.4) is 0 Å². The minimum absolute atomic E-state index is 0.0853. The number of anilines is 1. The summed E-state index contributed by atoms with van der Waals surface area (Å²) in [7, 11) is -1.43. The molecule has 0 aliphatic heterocycles. The van der Waals surface area contributed by atoms with E-state index in [9.17, 15) is 13.4 Å². The Hall–Kier alpha value is -1.92. The quantitative estimate of drug-likeness (QED) is 0.846. The van der Waals surface area contributed by atoms with Gasteiger partial charge >= 0.3 is 0 Å². The summed E-state index contributed by atoms with van der Waals surface area (Å²) in [6.45, 7) is 0. The predicted molar refractivity (Wildman–Crippen MR) is 80.9 cm³/mol. The van der Waals surface area contributed by atoms with Crippen LogP contribution in [0.25, 0.3) is 0 Å². The number of amides is 1. The van der Waals surface area contributed by atoms with Crippen molar-refractivity contribution in [2.45, 2.75) is 10.6 Å². The Kier molecular flexibility index (Phi) is 4.59. The smallest absolute Gasteiger partial charge is 0.248 e. The molecule has 0 saturated carbocycles. The van der Waals surface area contributed by atoms with Gasteiger partial charge < -0.3 is 11.5 Å². The fourth-order valence-corrected chi connectivity index (χ4v) is 3.15. The zero-order chi connectivity index (χ0) is 15.6. The lowest BCUT2D eigenvalue weighted by Crippen LogP contribution is -2.12. The second-order valence-corrected chi connectivity index (χ2v) is 6.20. The van der Waals surface area contributed by atoms with Gasteiger partial charge in [-0.1, -0.05) is 17.7 Å². The first kappa shape index (κ1) is 15.5. The third-order valence-corrected chi connectivity index (χ3v) is 4.51. The van der Waals surface area contributed by atoms with Crippen LogP contribution in [-0.2, 0) is 16.6 Å². The summed E-state index contributed by atoms with van der Waals surface area (Å²) in [5.41, 5.74) is 12.2. The molecule has 4 N–H and O–H groups in total. The van der Waals surface area contributed by atoms with Crippen LogP contribution >= 0.6 is 11.6 Å². The van der Waals surface area contributed by atoms with Gasteiger partial charge in [-0.25, -0.2) is 4.39 Å². The SMILES string of the molecule is NC(=O)c1ccc(CS(=O)c2ccc(F)c(Cl)c2)c(N)c1. The Labute approximate surface area is 128 Å². The van der Waals surface area contributed by atoms with Crippen LogP contribution in [0.4, 0.5) is 10.1 Å². The first-order valence-electron chi connectivity index (χ1n) is 5.90. The van der Waals surface area contributed by atoms with Crippen molar-refractivity contribution < 1.29 is 13.4 Å². The fourth-order valence-electron chi connectivity index (χ4n) is 1.72. The summed E-state index contributed by atoms with van der Waals surface area (Å²) in [5.74, 6) is -1.02. The minimum atomic E-state index is -1.43. The van der Waals surface area contributed by atoms with Crippen LogP contribution in [0, 0.1) is 5.82 Å². The van der Waals surface area contributed by atoms with E-state index in [4.69, 9.17) is 23.1 Å². The Bertz CT molecular complexity index is 737. The van der Waals surface area contributed by atoms with Gasteiger partial charge in [-0.2, -0.15) is 0 Å². The third-order valence-electron chi connectivity index (χ3n) is 2.87. The zero-order valence-corrected chi connectivity index (χ0v) is 12.4. The molecule has 0 spiro atoms. The molecule has 0 aromatic heterocycles. The van der Waals surface area contributed by atoms with Gasteiger partial charge in [-0.3, -0.25) is 9.00 Å². The number of carbonyl (C=O) groups excluding carboxylic acids is 1. The molecule has 1 amide bonds. The molecule has 0 heterocycles. The highest BCUT2D eigenvalue weighted by molar-refractivity contribution is 7.84. The molecule has 4 nitrogen and oxygen atoms in total. The van der Waals surface area contributed by atoms with Gasteiger partial charge in [0.05, 0.1) is 21.6 Å². The Morgan fingerprint density at radius 1 is 1.24 bits per heavy atom. The summed E-state index contributed by atoms with van der Waals surface area (Å²) >= 11 is 5.66. The first-order valence-corrected chi connectivity index (χ1v) is 7.60. The molecule has 2 aromatic carbocycles. The van der Waals surface area contributed by atoms with Gasteiger partial charge in [0, 0.05) is 16.1 Å². The number of primary amides is 1. The van der Waals surface area contributed by atoms with Crippen LogP contribution in [0.1, 0.15) is 15.9 Å². The van der Waals surface area contributed by atoms with Crippen LogP contribution in [-0.4, -0.2) is 10.1 Å². The van der Waals surface area contributed by atoms with Gasteiger partial charge in [0.25, 0.3) is 0 Å². The van der Waals surface area contributed by atoms with Gasteiger partial charge in [0.1, 0.15) is 5.82 Å². The van der Waals surface area contributed by atoms with Crippen molar-refractivity contribution in [3.8, 4) is 0 Å². The lowest BCUT2D eigenvalue weighted by Gasteiger charge is -2.08. The molecule has 0 bridgehead atoms. The number of nitrogens with two attached hydrogens (primary N) is 2. The molecule has 21 heavy (non-hydrogen) atoms. The maximum atomic E-state index is 13.1. The molecule has 0 saturated heterocycles. The molecule has 0 aliphatic carbocycles. The highest BCUT2D eigenvalue weighted by atomic mass is 35.5. The number of halogens is 2. The van der Waals surface area contributed by atoms with Gasteiger partial charge in [-0.05, 0) is 35.9 Å². The molecule has 0 fully saturated rings. The van der Waals surface area contributed by atoms with Gasteiger partial charge in [-0.15, -0.1) is 0 Å². The van der Waals surface area contributed by atoms with E-state index in [2.05, 4.69) is 0 Å². The fraction of sp³-hybridized carbons (Fsp3) is 0.0714. The maximum absolute atomic E-state index is 13.1.